The lowest BCUT2D eigenvalue weighted by atomic mass is 9.50. The van der Waals surface area contributed by atoms with Crippen LogP contribution in [0, 0.1) is 0 Å². The minimum Gasteiger partial charge on any atom is -0.457 e. The molecule has 0 aliphatic carbocycles. The number of pyridine rings is 1. The molecule has 0 saturated carbocycles. The van der Waals surface area contributed by atoms with Crippen molar-refractivity contribution in [1.82, 2.24) is 9.55 Å². The molecule has 2 aromatic heterocycles. The summed E-state index contributed by atoms with van der Waals surface area (Å²) in [5.74, 6) is 2.38. The molecule has 0 atom stereocenters. The molecule has 15 rings (SSSR count). The Bertz CT molecular complexity index is 4450. The van der Waals surface area contributed by atoms with Crippen LogP contribution < -0.4 is 24.8 Å². The summed E-state index contributed by atoms with van der Waals surface area (Å²) >= 11 is 0. The molecular formula is C79H62BN5O. The highest BCUT2D eigenvalue weighted by Crippen LogP contribution is 2.49. The van der Waals surface area contributed by atoms with E-state index >= 15 is 0 Å². The van der Waals surface area contributed by atoms with Crippen molar-refractivity contribution >= 4 is 51.2 Å². The first-order valence-corrected chi connectivity index (χ1v) is 29.7. The van der Waals surface area contributed by atoms with Crippen molar-refractivity contribution in [2.45, 2.75) is 26.2 Å². The Balaban J connectivity index is 0.904. The van der Waals surface area contributed by atoms with Crippen LogP contribution in [0.3, 0.4) is 0 Å². The highest BCUT2D eigenvalue weighted by atomic mass is 16.5. The van der Waals surface area contributed by atoms with Crippen molar-refractivity contribution in [3.05, 3.63) is 303 Å². The highest BCUT2D eigenvalue weighted by Gasteiger charge is 2.43. The minimum absolute atomic E-state index is 0.0401. The third-order valence-electron chi connectivity index (χ3n) is 17.3. The Morgan fingerprint density at radius 3 is 1.47 bits per heavy atom. The standard InChI is InChI=1S/C79H62BN5O/c1-79(2,3)64-41-42-81-77(49-64)85-72-36-21-20-33-70(72)71-39-37-66(50-74(71)85)86-67-38-40-73-75(51-67)84-53-83(52-76(84)80(82(73)4)65-31-18-9-19-32-65)78-68(62-45-58(54-23-10-5-11-24-54)43-59(46-62)55-25-12-6-13-26-55)34-22-35-69(78)63-47-60(56-27-14-7-15-28-56)44-61(48-63)57-29-16-8-17-30-57/h5-52H,53H2,1-4H3. The van der Waals surface area contributed by atoms with Gasteiger partial charge in [-0.2, -0.15) is 0 Å². The zero-order valence-corrected chi connectivity index (χ0v) is 48.6. The molecule has 4 heterocycles. The summed E-state index contributed by atoms with van der Waals surface area (Å²) < 4.78 is 9.34. The number of ether oxygens (including phenoxy) is 1. The van der Waals surface area contributed by atoms with E-state index < -0.39 is 0 Å². The van der Waals surface area contributed by atoms with Crippen LogP contribution in [0.1, 0.15) is 26.3 Å². The van der Waals surface area contributed by atoms with Crippen LogP contribution in [0.2, 0.25) is 0 Å². The maximum atomic E-state index is 7.06. The molecular weight excluding hydrogens is 1050 g/mol. The monoisotopic (exact) mass is 1110 g/mol. The molecule has 11 aromatic carbocycles. The van der Waals surface area contributed by atoms with Gasteiger partial charge in [0.2, 0.25) is 0 Å². The van der Waals surface area contributed by atoms with Gasteiger partial charge in [0, 0.05) is 57.7 Å². The number of rotatable bonds is 11. The number of hydrogen-bond acceptors (Lipinski definition) is 5. The second-order valence-electron chi connectivity index (χ2n) is 23.7. The van der Waals surface area contributed by atoms with Gasteiger partial charge in [-0.3, -0.25) is 4.57 Å². The van der Waals surface area contributed by atoms with Gasteiger partial charge in [-0.05, 0) is 158 Å². The lowest BCUT2D eigenvalue weighted by molar-refractivity contribution is 0.483. The molecule has 0 fully saturated rings. The third kappa shape index (κ3) is 9.57. The second kappa shape index (κ2) is 21.5. The molecule has 0 N–H and O–H groups in total. The van der Waals surface area contributed by atoms with E-state index in [1.54, 1.807) is 0 Å². The summed E-state index contributed by atoms with van der Waals surface area (Å²) in [5, 5.41) is 2.32. The van der Waals surface area contributed by atoms with E-state index in [0.29, 0.717) is 6.67 Å². The number of aromatic nitrogens is 2. The summed E-state index contributed by atoms with van der Waals surface area (Å²) in [6, 6.07) is 101. The van der Waals surface area contributed by atoms with Gasteiger partial charge in [-0.25, -0.2) is 4.98 Å². The number of hydrogen-bond donors (Lipinski definition) is 0. The fraction of sp³-hybridized carbons (Fsp3) is 0.0759. The zero-order chi connectivity index (χ0) is 57.9. The Labute approximate surface area is 503 Å². The second-order valence-corrected chi connectivity index (χ2v) is 23.7. The largest absolute Gasteiger partial charge is 0.457 e. The Morgan fingerprint density at radius 1 is 0.419 bits per heavy atom. The zero-order valence-electron chi connectivity index (χ0n) is 48.6. The van der Waals surface area contributed by atoms with Gasteiger partial charge in [-0.15, -0.1) is 0 Å². The maximum absolute atomic E-state index is 7.06. The van der Waals surface area contributed by atoms with Crippen molar-refractivity contribution < 1.29 is 4.74 Å². The van der Waals surface area contributed by atoms with Gasteiger partial charge in [-0.1, -0.05) is 209 Å². The Morgan fingerprint density at radius 2 is 0.907 bits per heavy atom. The van der Waals surface area contributed by atoms with Crippen LogP contribution in [0.5, 0.6) is 11.5 Å². The molecule has 0 bridgehead atoms. The molecule has 13 aromatic rings. The highest BCUT2D eigenvalue weighted by molar-refractivity contribution is 6.84. The van der Waals surface area contributed by atoms with Gasteiger partial charge < -0.3 is 19.3 Å². The van der Waals surface area contributed by atoms with Crippen LogP contribution in [-0.2, 0) is 5.41 Å². The van der Waals surface area contributed by atoms with Crippen LogP contribution in [0.4, 0.5) is 17.1 Å². The molecule has 2 aliphatic rings. The van der Waals surface area contributed by atoms with E-state index in [-0.39, 0.29) is 12.3 Å². The molecule has 0 unspecified atom stereocenters. The van der Waals surface area contributed by atoms with Crippen LogP contribution in [0.25, 0.3) is 94.4 Å². The van der Waals surface area contributed by atoms with E-state index in [9.17, 15) is 0 Å². The van der Waals surface area contributed by atoms with E-state index in [0.717, 1.165) is 95.3 Å². The molecule has 2 aliphatic heterocycles. The molecule has 0 radical (unpaired) electrons. The molecule has 412 valence electrons. The molecule has 0 spiro atoms. The first kappa shape index (κ1) is 52.2. The summed E-state index contributed by atoms with van der Waals surface area (Å²) in [6.45, 7) is 7.20. The number of benzene rings is 11. The number of anilines is 3. The molecule has 6 nitrogen and oxygen atoms in total. The lowest BCUT2D eigenvalue weighted by Crippen LogP contribution is -2.55. The molecule has 0 amide bonds. The van der Waals surface area contributed by atoms with E-state index in [4.69, 9.17) is 9.72 Å². The van der Waals surface area contributed by atoms with E-state index in [1.807, 2.05) is 6.20 Å². The predicted molar refractivity (Wildman–Crippen MR) is 361 cm³/mol. The number of para-hydroxylation sites is 2. The molecule has 0 saturated heterocycles. The van der Waals surface area contributed by atoms with Crippen molar-refractivity contribution in [3.63, 3.8) is 0 Å². The van der Waals surface area contributed by atoms with Crippen molar-refractivity contribution in [1.29, 1.82) is 0 Å². The van der Waals surface area contributed by atoms with Gasteiger partial charge in [0.15, 0.2) is 0 Å². The van der Waals surface area contributed by atoms with Gasteiger partial charge in [0.05, 0.1) is 29.1 Å². The lowest BCUT2D eigenvalue weighted by Gasteiger charge is -2.41. The van der Waals surface area contributed by atoms with Crippen LogP contribution in [-0.4, -0.2) is 30.1 Å². The Hall–Kier alpha value is -10.6. The summed E-state index contributed by atoms with van der Waals surface area (Å²) in [4.78, 5) is 12.4. The summed E-state index contributed by atoms with van der Waals surface area (Å²) in [5.41, 5.74) is 22.9. The third-order valence-corrected chi connectivity index (χ3v) is 17.3. The first-order valence-electron chi connectivity index (χ1n) is 29.7. The van der Waals surface area contributed by atoms with Crippen molar-refractivity contribution in [3.8, 4) is 84.1 Å². The fourth-order valence-corrected chi connectivity index (χ4v) is 13.0. The van der Waals surface area contributed by atoms with Gasteiger partial charge >= 0.3 is 6.85 Å². The Kier molecular flexibility index (Phi) is 13.1. The van der Waals surface area contributed by atoms with Crippen LogP contribution >= 0.6 is 0 Å². The summed E-state index contributed by atoms with van der Waals surface area (Å²) in [6.07, 6.45) is 4.35. The molecule has 86 heavy (non-hydrogen) atoms. The fourth-order valence-electron chi connectivity index (χ4n) is 13.0. The maximum Gasteiger partial charge on any atom is 0.342 e. The quantitative estimate of drug-likeness (QED) is 0.121. The number of fused-ring (bicyclic) bond motifs is 6. The topological polar surface area (TPSA) is 36.8 Å². The van der Waals surface area contributed by atoms with Crippen molar-refractivity contribution in [2.24, 2.45) is 0 Å². The SMILES string of the molecule is CN1B(c2ccccc2)C2=CN(c3c(-c4cc(-c5ccccc5)cc(-c5ccccc5)c4)cccc3-c3cc(-c4ccccc4)cc(-c4ccccc4)c3)CN2c2cc(Oc3ccc4c5ccccc5n(-c5cc(C(C)(C)C)ccn5)c4c3)ccc21. The van der Waals surface area contributed by atoms with Crippen molar-refractivity contribution in [2.75, 3.05) is 28.3 Å². The van der Waals surface area contributed by atoms with Crippen LogP contribution in [0.15, 0.2) is 297 Å². The van der Waals surface area contributed by atoms with E-state index in [1.165, 1.54) is 44.3 Å². The van der Waals surface area contributed by atoms with Gasteiger partial charge in [0.1, 0.15) is 17.3 Å². The summed E-state index contributed by atoms with van der Waals surface area (Å²) in [7, 11) is 2.23. The first-order chi connectivity index (χ1) is 42.2. The predicted octanol–water partition coefficient (Wildman–Crippen LogP) is 19.3. The normalized spacial score (nSPS) is 13.0. The smallest absolute Gasteiger partial charge is 0.342 e. The number of nitrogens with zero attached hydrogens (tertiary/aromatic N) is 5. The minimum atomic E-state index is -0.0945. The van der Waals surface area contributed by atoms with E-state index in [2.05, 4.69) is 332 Å². The van der Waals surface area contributed by atoms with Gasteiger partial charge in [0.25, 0.3) is 0 Å². The molecule has 7 heteroatoms. The average Bonchev–Trinajstić information content (AvgIpc) is 2.37. The average molecular weight is 1110 g/mol.